The Labute approximate surface area is 159 Å². The molecular weight excluding hydrogens is 395 g/mol. The van der Waals surface area contributed by atoms with Gasteiger partial charge in [-0.3, -0.25) is 0 Å². The predicted octanol–water partition coefficient (Wildman–Crippen LogP) is 3.19. The van der Waals surface area contributed by atoms with Crippen LogP contribution in [0.25, 0.3) is 0 Å². The third kappa shape index (κ3) is 5.55. The normalized spacial score (nSPS) is 26.9. The van der Waals surface area contributed by atoms with Crippen LogP contribution in [0.4, 0.5) is 0 Å². The molecule has 0 saturated heterocycles. The summed E-state index contributed by atoms with van der Waals surface area (Å²) in [6.45, 7) is 8.91. The molecule has 138 valence electrons. The van der Waals surface area contributed by atoms with Crippen LogP contribution in [0.15, 0.2) is 42.1 Å². The van der Waals surface area contributed by atoms with Gasteiger partial charge in [-0.1, -0.05) is 0 Å². The van der Waals surface area contributed by atoms with E-state index in [0.717, 1.165) is 11.7 Å². The second kappa shape index (κ2) is 8.68. The van der Waals surface area contributed by atoms with E-state index < -0.39 is 19.6 Å². The van der Waals surface area contributed by atoms with Crippen molar-refractivity contribution in [1.29, 1.82) is 0 Å². The zero-order valence-corrected chi connectivity index (χ0v) is 18.4. The molecule has 1 fully saturated rings. The van der Waals surface area contributed by atoms with Gasteiger partial charge in [0.25, 0.3) is 0 Å². The molecule has 0 radical (unpaired) electrons. The van der Waals surface area contributed by atoms with E-state index in [0.29, 0.717) is 33.9 Å². The Balaban J connectivity index is 2.17. The van der Waals surface area contributed by atoms with Gasteiger partial charge in [0.1, 0.15) is 0 Å². The van der Waals surface area contributed by atoms with Crippen LogP contribution in [0.3, 0.4) is 0 Å². The molecule has 0 spiro atoms. The summed E-state index contributed by atoms with van der Waals surface area (Å²) in [5, 5.41) is 12.2. The number of aliphatic hydroxyl groups is 1. The van der Waals surface area contributed by atoms with Gasteiger partial charge in [-0.15, -0.1) is 0 Å². The molecule has 1 N–H and O–H groups in total. The van der Waals surface area contributed by atoms with E-state index in [2.05, 4.69) is 55.7 Å². The molecule has 1 saturated carbocycles. The molecule has 1 aliphatic rings. The quantitative estimate of drug-likeness (QED) is 0.539. The second-order valence-corrected chi connectivity index (χ2v) is 15.2. The summed E-state index contributed by atoms with van der Waals surface area (Å²) in [5.74, 6) is -0.249. The van der Waals surface area contributed by atoms with E-state index in [4.69, 9.17) is 4.74 Å². The summed E-state index contributed by atoms with van der Waals surface area (Å²) in [5.41, 5.74) is 0.902. The van der Waals surface area contributed by atoms with Crippen LogP contribution in [0.5, 0.6) is 0 Å². The van der Waals surface area contributed by atoms with E-state index >= 15 is 0 Å². The summed E-state index contributed by atoms with van der Waals surface area (Å²) in [6.07, 6.45) is 3.51. The summed E-state index contributed by atoms with van der Waals surface area (Å²) < 4.78 is 6.57. The van der Waals surface area contributed by atoms with Crippen LogP contribution >= 0.6 is 0 Å². The molecule has 25 heavy (non-hydrogen) atoms. The molecule has 0 amide bonds. The molecule has 0 aromatic heterocycles. The SMILES string of the molecule is CCOC(=O)[C@]1(O)CC[C@@H](C[Se]c2ccccc2)[C@H]1/C=C/[Si](C)(C)C. The fourth-order valence-corrected chi connectivity index (χ4v) is 6.41. The number of carbonyl (C=O) groups excluding carboxylic acids is 1. The fraction of sp³-hybridized carbons (Fsp3) is 0.550. The minimum absolute atomic E-state index is 0.135. The van der Waals surface area contributed by atoms with Crippen molar-refractivity contribution in [2.24, 2.45) is 11.8 Å². The van der Waals surface area contributed by atoms with Gasteiger partial charge in [0.15, 0.2) is 0 Å². The van der Waals surface area contributed by atoms with Crippen molar-refractivity contribution in [1.82, 2.24) is 0 Å². The molecule has 1 aliphatic carbocycles. The van der Waals surface area contributed by atoms with Gasteiger partial charge in [-0.05, 0) is 0 Å². The summed E-state index contributed by atoms with van der Waals surface area (Å²) >= 11 is 0.358. The maximum absolute atomic E-state index is 12.4. The monoisotopic (exact) mass is 426 g/mol. The first-order chi connectivity index (χ1) is 11.8. The zero-order valence-electron chi connectivity index (χ0n) is 15.7. The third-order valence-electron chi connectivity index (χ3n) is 4.60. The van der Waals surface area contributed by atoms with E-state index in [1.165, 1.54) is 4.46 Å². The molecule has 3 atom stereocenters. The number of rotatable bonds is 7. The third-order valence-corrected chi connectivity index (χ3v) is 8.31. The first kappa shape index (κ1) is 20.4. The summed E-state index contributed by atoms with van der Waals surface area (Å²) in [4.78, 5) is 12.4. The van der Waals surface area contributed by atoms with E-state index in [-0.39, 0.29) is 5.92 Å². The van der Waals surface area contributed by atoms with Crippen LogP contribution in [-0.2, 0) is 9.53 Å². The fourth-order valence-electron chi connectivity index (χ4n) is 3.25. The van der Waals surface area contributed by atoms with Crippen molar-refractivity contribution in [2.45, 2.75) is 50.3 Å². The van der Waals surface area contributed by atoms with Gasteiger partial charge in [-0.25, -0.2) is 0 Å². The molecular formula is C20H30O3SeSi. The Morgan fingerprint density at radius 1 is 1.36 bits per heavy atom. The maximum atomic E-state index is 12.4. The number of hydrogen-bond donors (Lipinski definition) is 1. The van der Waals surface area contributed by atoms with Gasteiger partial charge in [0.2, 0.25) is 0 Å². The molecule has 3 nitrogen and oxygen atoms in total. The van der Waals surface area contributed by atoms with Crippen LogP contribution in [0, 0.1) is 11.8 Å². The Morgan fingerprint density at radius 3 is 2.64 bits per heavy atom. The Hall–Kier alpha value is -0.874. The van der Waals surface area contributed by atoms with Crippen molar-refractivity contribution >= 4 is 33.5 Å². The van der Waals surface area contributed by atoms with Gasteiger partial charge >= 0.3 is 159 Å². The molecule has 1 aromatic rings. The molecule has 0 unspecified atom stereocenters. The van der Waals surface area contributed by atoms with Crippen molar-refractivity contribution in [3.63, 3.8) is 0 Å². The van der Waals surface area contributed by atoms with Gasteiger partial charge in [-0.2, -0.15) is 0 Å². The van der Waals surface area contributed by atoms with Crippen molar-refractivity contribution in [3.05, 3.63) is 42.1 Å². The number of carbonyl (C=O) groups is 1. The summed E-state index contributed by atoms with van der Waals surface area (Å²) in [7, 11) is -1.40. The van der Waals surface area contributed by atoms with E-state index in [1.807, 2.05) is 6.07 Å². The first-order valence-corrected chi connectivity index (χ1v) is 14.7. The van der Waals surface area contributed by atoms with Crippen LogP contribution in [0.1, 0.15) is 19.8 Å². The first-order valence-electron chi connectivity index (χ1n) is 9.03. The number of benzene rings is 1. The standard InChI is InChI=1S/C20H30O3SeSi/c1-5-23-19(21)20(22)13-11-16(18(20)12-14-25(2,3)4)15-24-17-9-7-6-8-10-17/h6-10,12,14,16,18,22H,5,11,13,15H2,1-4H3/b14-12+/t16-,18+,20-/m0/s1. The van der Waals surface area contributed by atoms with Gasteiger partial charge in [0, 0.05) is 0 Å². The van der Waals surface area contributed by atoms with Crippen molar-refractivity contribution < 1.29 is 14.6 Å². The molecule has 0 heterocycles. The van der Waals surface area contributed by atoms with Crippen LogP contribution in [0.2, 0.25) is 25.0 Å². The average Bonchev–Trinajstić information content (AvgIpc) is 2.89. The predicted molar refractivity (Wildman–Crippen MR) is 107 cm³/mol. The Kier molecular flexibility index (Phi) is 7.09. The number of esters is 1. The van der Waals surface area contributed by atoms with E-state index in [1.54, 1.807) is 6.92 Å². The van der Waals surface area contributed by atoms with Crippen LogP contribution in [-0.4, -0.2) is 46.3 Å². The number of ether oxygens (including phenoxy) is 1. The summed E-state index contributed by atoms with van der Waals surface area (Å²) in [6, 6.07) is 10.5. The molecule has 2 rings (SSSR count). The Bertz CT molecular complexity index is 597. The minimum atomic E-state index is -1.40. The van der Waals surface area contributed by atoms with Gasteiger partial charge in [0.05, 0.1) is 0 Å². The van der Waals surface area contributed by atoms with Crippen LogP contribution < -0.4 is 4.46 Å². The van der Waals surface area contributed by atoms with Crippen molar-refractivity contribution in [2.75, 3.05) is 6.61 Å². The Morgan fingerprint density at radius 2 is 2.04 bits per heavy atom. The van der Waals surface area contributed by atoms with Gasteiger partial charge < -0.3 is 0 Å². The zero-order chi connectivity index (χ0) is 18.5. The second-order valence-electron chi connectivity index (χ2n) is 7.82. The number of hydrogen-bond acceptors (Lipinski definition) is 3. The molecule has 5 heteroatoms. The average molecular weight is 426 g/mol. The molecule has 0 bridgehead atoms. The topological polar surface area (TPSA) is 46.5 Å². The van der Waals surface area contributed by atoms with E-state index in [9.17, 15) is 9.90 Å². The van der Waals surface area contributed by atoms with Crippen molar-refractivity contribution in [3.8, 4) is 0 Å². The molecule has 1 aromatic carbocycles. The molecule has 0 aliphatic heterocycles.